The van der Waals surface area contributed by atoms with Crippen molar-refractivity contribution < 1.29 is 22.4 Å². The molecule has 0 amide bonds. The Morgan fingerprint density at radius 1 is 1.03 bits per heavy atom. The van der Waals surface area contributed by atoms with Crippen molar-refractivity contribution in [3.63, 3.8) is 0 Å². The molecular formula is C20H21N3O5S. The number of rotatable bonds is 6. The molecule has 2 aromatic carbocycles. The van der Waals surface area contributed by atoms with E-state index in [0.29, 0.717) is 50.0 Å². The maximum absolute atomic E-state index is 12.7. The van der Waals surface area contributed by atoms with Crippen LogP contribution in [0.2, 0.25) is 0 Å². The van der Waals surface area contributed by atoms with Gasteiger partial charge in [0.05, 0.1) is 31.6 Å². The summed E-state index contributed by atoms with van der Waals surface area (Å²) in [5.74, 6) is 1.69. The summed E-state index contributed by atoms with van der Waals surface area (Å²) in [6.45, 7) is 1.56. The number of benzene rings is 2. The molecule has 0 bridgehead atoms. The van der Waals surface area contributed by atoms with E-state index in [9.17, 15) is 8.42 Å². The molecule has 8 nitrogen and oxygen atoms in total. The van der Waals surface area contributed by atoms with Crippen molar-refractivity contribution in [2.24, 2.45) is 0 Å². The van der Waals surface area contributed by atoms with E-state index in [4.69, 9.17) is 14.0 Å². The second-order valence-corrected chi connectivity index (χ2v) is 8.52. The minimum atomic E-state index is -3.52. The van der Waals surface area contributed by atoms with E-state index in [-0.39, 0.29) is 4.90 Å². The van der Waals surface area contributed by atoms with Gasteiger partial charge in [-0.2, -0.15) is 9.29 Å². The van der Waals surface area contributed by atoms with Crippen LogP contribution >= 0.6 is 0 Å². The smallest absolute Gasteiger partial charge is 0.243 e. The predicted molar refractivity (Wildman–Crippen MR) is 105 cm³/mol. The van der Waals surface area contributed by atoms with Crippen LogP contribution in [0.5, 0.6) is 5.75 Å². The first-order chi connectivity index (χ1) is 14.1. The van der Waals surface area contributed by atoms with Crippen molar-refractivity contribution in [1.82, 2.24) is 14.4 Å². The molecule has 0 spiro atoms. The first-order valence-electron chi connectivity index (χ1n) is 9.20. The lowest BCUT2D eigenvalue weighted by molar-refractivity contribution is 0.0730. The molecule has 1 aliphatic heterocycles. The summed E-state index contributed by atoms with van der Waals surface area (Å²) in [6.07, 6.45) is 0.500. The minimum Gasteiger partial charge on any atom is -0.497 e. The Balaban J connectivity index is 1.48. The average molecular weight is 415 g/mol. The molecular weight excluding hydrogens is 394 g/mol. The molecule has 0 aliphatic carbocycles. The van der Waals surface area contributed by atoms with E-state index in [0.717, 1.165) is 11.3 Å². The molecule has 29 heavy (non-hydrogen) atoms. The number of morpholine rings is 1. The summed E-state index contributed by atoms with van der Waals surface area (Å²) < 4.78 is 42.6. The highest BCUT2D eigenvalue weighted by Crippen LogP contribution is 2.22. The van der Waals surface area contributed by atoms with Crippen molar-refractivity contribution in [2.45, 2.75) is 11.3 Å². The summed E-state index contributed by atoms with van der Waals surface area (Å²) in [5, 5.41) is 4.01. The lowest BCUT2D eigenvalue weighted by Gasteiger charge is -2.26. The maximum Gasteiger partial charge on any atom is 0.243 e. The molecule has 0 N–H and O–H groups in total. The second kappa shape index (κ2) is 8.32. The summed E-state index contributed by atoms with van der Waals surface area (Å²) in [7, 11) is -1.90. The molecule has 9 heteroatoms. The summed E-state index contributed by atoms with van der Waals surface area (Å²) in [6, 6.07) is 14.1. The van der Waals surface area contributed by atoms with Crippen LogP contribution in [0.4, 0.5) is 0 Å². The van der Waals surface area contributed by atoms with Gasteiger partial charge in [-0.25, -0.2) is 8.42 Å². The third kappa shape index (κ3) is 4.31. The highest BCUT2D eigenvalue weighted by atomic mass is 32.2. The quantitative estimate of drug-likeness (QED) is 0.610. The Bertz CT molecular complexity index is 1060. The van der Waals surface area contributed by atoms with Gasteiger partial charge in [0.1, 0.15) is 5.75 Å². The van der Waals surface area contributed by atoms with Gasteiger partial charge >= 0.3 is 0 Å². The van der Waals surface area contributed by atoms with E-state index < -0.39 is 10.0 Å². The number of nitrogens with zero attached hydrogens (tertiary/aromatic N) is 3. The van der Waals surface area contributed by atoms with Crippen LogP contribution in [0.15, 0.2) is 57.9 Å². The minimum absolute atomic E-state index is 0.241. The van der Waals surface area contributed by atoms with Crippen LogP contribution in [0, 0.1) is 0 Å². The first kappa shape index (κ1) is 19.6. The largest absolute Gasteiger partial charge is 0.497 e. The zero-order valence-corrected chi connectivity index (χ0v) is 16.8. The molecule has 152 valence electrons. The number of aromatic nitrogens is 2. The number of hydrogen-bond donors (Lipinski definition) is 0. The summed E-state index contributed by atoms with van der Waals surface area (Å²) in [5.41, 5.74) is 1.71. The SMILES string of the molecule is COc1ccc(Cc2nc(-c3ccc(S(=O)(=O)N4CCOCC4)cc3)no2)cc1. The fraction of sp³-hybridized carbons (Fsp3) is 0.300. The van der Waals surface area contributed by atoms with Gasteiger partial charge in [-0.3, -0.25) is 0 Å². The summed E-state index contributed by atoms with van der Waals surface area (Å²) in [4.78, 5) is 4.66. The monoisotopic (exact) mass is 415 g/mol. The third-order valence-corrected chi connectivity index (χ3v) is 6.62. The van der Waals surface area contributed by atoms with Crippen molar-refractivity contribution >= 4 is 10.0 Å². The topological polar surface area (TPSA) is 94.8 Å². The van der Waals surface area contributed by atoms with Gasteiger partial charge in [0.25, 0.3) is 0 Å². The number of sulfonamides is 1. The van der Waals surface area contributed by atoms with Gasteiger partial charge in [-0.15, -0.1) is 0 Å². The van der Waals surface area contributed by atoms with Crippen molar-refractivity contribution in [3.05, 3.63) is 60.0 Å². The first-order valence-corrected chi connectivity index (χ1v) is 10.6. The number of methoxy groups -OCH3 is 1. The zero-order chi connectivity index (χ0) is 20.3. The van der Waals surface area contributed by atoms with Crippen molar-refractivity contribution in [2.75, 3.05) is 33.4 Å². The van der Waals surface area contributed by atoms with Gasteiger partial charge in [0, 0.05) is 18.7 Å². The molecule has 0 radical (unpaired) electrons. The van der Waals surface area contributed by atoms with Crippen molar-refractivity contribution in [3.8, 4) is 17.1 Å². The zero-order valence-electron chi connectivity index (χ0n) is 15.9. The van der Waals surface area contributed by atoms with Gasteiger partial charge in [-0.1, -0.05) is 17.3 Å². The Morgan fingerprint density at radius 2 is 1.72 bits per heavy atom. The van der Waals surface area contributed by atoms with Gasteiger partial charge < -0.3 is 14.0 Å². The summed E-state index contributed by atoms with van der Waals surface area (Å²) >= 11 is 0. The highest BCUT2D eigenvalue weighted by molar-refractivity contribution is 7.89. The van der Waals surface area contributed by atoms with E-state index in [1.807, 2.05) is 24.3 Å². The van der Waals surface area contributed by atoms with Crippen LogP contribution in [0.25, 0.3) is 11.4 Å². The van der Waals surface area contributed by atoms with Crippen LogP contribution in [0.1, 0.15) is 11.5 Å². The Kier molecular flexibility index (Phi) is 5.61. The van der Waals surface area contributed by atoms with Crippen LogP contribution in [-0.4, -0.2) is 56.3 Å². The highest BCUT2D eigenvalue weighted by Gasteiger charge is 2.26. The van der Waals surface area contributed by atoms with Gasteiger partial charge in [-0.05, 0) is 42.0 Å². The molecule has 4 rings (SSSR count). The molecule has 1 aromatic heterocycles. The molecule has 0 unspecified atom stereocenters. The number of ether oxygens (including phenoxy) is 2. The van der Waals surface area contributed by atoms with Crippen molar-refractivity contribution in [1.29, 1.82) is 0 Å². The molecule has 1 fully saturated rings. The Labute approximate surface area is 169 Å². The predicted octanol–water partition coefficient (Wildman–Crippen LogP) is 2.36. The van der Waals surface area contributed by atoms with E-state index in [2.05, 4.69) is 10.1 Å². The van der Waals surface area contributed by atoms with E-state index in [1.165, 1.54) is 4.31 Å². The standard InChI is InChI=1S/C20H21N3O5S/c1-26-17-6-2-15(3-7-17)14-19-21-20(22-28-19)16-4-8-18(9-5-16)29(24,25)23-10-12-27-13-11-23/h2-9H,10-14H2,1H3. The molecule has 1 aliphatic rings. The fourth-order valence-electron chi connectivity index (χ4n) is 3.07. The Morgan fingerprint density at radius 3 is 2.38 bits per heavy atom. The molecule has 0 saturated carbocycles. The van der Waals surface area contributed by atoms with E-state index in [1.54, 1.807) is 31.4 Å². The fourth-order valence-corrected chi connectivity index (χ4v) is 4.48. The lowest BCUT2D eigenvalue weighted by Crippen LogP contribution is -2.40. The van der Waals surface area contributed by atoms with Crippen LogP contribution in [0.3, 0.4) is 0 Å². The number of hydrogen-bond acceptors (Lipinski definition) is 7. The molecule has 0 atom stereocenters. The molecule has 1 saturated heterocycles. The second-order valence-electron chi connectivity index (χ2n) is 6.58. The van der Waals surface area contributed by atoms with E-state index >= 15 is 0 Å². The maximum atomic E-state index is 12.7. The van der Waals surface area contributed by atoms with Gasteiger partial charge in [0.2, 0.25) is 21.7 Å². The molecule has 3 aromatic rings. The average Bonchev–Trinajstić information content (AvgIpc) is 3.23. The van der Waals surface area contributed by atoms with Crippen LogP contribution in [-0.2, 0) is 21.2 Å². The Hall–Kier alpha value is -2.75. The van der Waals surface area contributed by atoms with Gasteiger partial charge in [0.15, 0.2) is 0 Å². The van der Waals surface area contributed by atoms with Crippen LogP contribution < -0.4 is 4.74 Å². The third-order valence-electron chi connectivity index (χ3n) is 4.70. The molecule has 2 heterocycles. The lowest BCUT2D eigenvalue weighted by atomic mass is 10.1. The normalized spacial score (nSPS) is 15.3.